The summed E-state index contributed by atoms with van der Waals surface area (Å²) in [5, 5.41) is 5.99. The van der Waals surface area contributed by atoms with E-state index in [0.29, 0.717) is 43.7 Å². The first-order chi connectivity index (χ1) is 30.3. The number of nitrogens with zero attached hydrogens (tertiary/aromatic N) is 3. The summed E-state index contributed by atoms with van der Waals surface area (Å²) in [5.41, 5.74) is 18.2. The molecule has 6 aromatic carbocycles. The number of imide groups is 1. The van der Waals surface area contributed by atoms with Gasteiger partial charge in [-0.25, -0.2) is 9.59 Å². The Kier molecular flexibility index (Phi) is 15.1. The summed E-state index contributed by atoms with van der Waals surface area (Å²) in [4.78, 5) is 48.4. The minimum atomic E-state index is -1.01. The van der Waals surface area contributed by atoms with Gasteiger partial charge in [-0.15, -0.1) is 4.90 Å². The zero-order valence-corrected chi connectivity index (χ0v) is 34.8. The average molecular weight is 831 g/mol. The summed E-state index contributed by atoms with van der Waals surface area (Å²) in [6.45, 7) is 0.983. The lowest BCUT2D eigenvalue weighted by molar-refractivity contribution is -0.133. The van der Waals surface area contributed by atoms with Crippen molar-refractivity contribution in [2.45, 2.75) is 62.9 Å². The molecule has 1 aliphatic heterocycles. The minimum absolute atomic E-state index is 0.0187. The molecule has 1 saturated heterocycles. The molecule has 1 unspecified atom stereocenters. The highest BCUT2D eigenvalue weighted by atomic mass is 16.6. The molecule has 0 bridgehead atoms. The van der Waals surface area contributed by atoms with Crippen molar-refractivity contribution < 1.29 is 23.9 Å². The maximum Gasteiger partial charge on any atom is 0.426 e. The largest absolute Gasteiger partial charge is 0.444 e. The van der Waals surface area contributed by atoms with Gasteiger partial charge < -0.3 is 31.2 Å². The average Bonchev–Trinajstić information content (AvgIpc) is 3.47. The third-order valence-electron chi connectivity index (χ3n) is 11.3. The standard InChI is InChI=1S/C51H54N6O5/c52-45(33-39-27-28-40-20-13-14-25-43(40)32-39)46-29-31-56(34-44(41-21-9-3-10-22-41)42-23-11-4-12-24-42)48(58)47(55-46)26-15-30-54-49(53)57(50(59)61-35-37-16-5-1-6-17-37)51(60)62-36-38-18-7-2-8-19-38/h1-14,16-25,27-28,32,44-47,55H,15,26,29-31,33-36,52H2,(H2,53,54)/t45-,46?,47-/m0/s1. The summed E-state index contributed by atoms with van der Waals surface area (Å²) in [6.07, 6.45) is 0.0974. The van der Waals surface area contributed by atoms with Gasteiger partial charge in [0, 0.05) is 37.6 Å². The smallest absolute Gasteiger partial charge is 0.426 e. The van der Waals surface area contributed by atoms with Crippen molar-refractivity contribution >= 4 is 34.8 Å². The molecule has 0 radical (unpaired) electrons. The van der Waals surface area contributed by atoms with Crippen LogP contribution < -0.4 is 16.8 Å². The van der Waals surface area contributed by atoms with Crippen molar-refractivity contribution in [3.63, 3.8) is 0 Å². The van der Waals surface area contributed by atoms with E-state index in [2.05, 4.69) is 64.9 Å². The molecule has 0 aliphatic carbocycles. The molecule has 1 heterocycles. The van der Waals surface area contributed by atoms with Gasteiger partial charge >= 0.3 is 12.2 Å². The highest BCUT2D eigenvalue weighted by Crippen LogP contribution is 2.28. The lowest BCUT2D eigenvalue weighted by Crippen LogP contribution is -2.52. The fraction of sp³-hybridized carbons (Fsp3) is 0.255. The van der Waals surface area contributed by atoms with Crippen LogP contribution in [0.3, 0.4) is 0 Å². The Morgan fingerprint density at radius 3 is 1.82 bits per heavy atom. The number of benzene rings is 6. The van der Waals surface area contributed by atoms with Gasteiger partial charge in [-0.05, 0) is 64.3 Å². The summed E-state index contributed by atoms with van der Waals surface area (Å²) in [6, 6.07) is 52.5. The van der Waals surface area contributed by atoms with Gasteiger partial charge in [0.05, 0.1) is 6.04 Å². The molecule has 0 aromatic heterocycles. The molecule has 0 spiro atoms. The molecule has 6 aromatic rings. The second-order valence-corrected chi connectivity index (χ2v) is 15.6. The number of amides is 3. The Hall–Kier alpha value is -6.82. The number of ether oxygens (including phenoxy) is 2. The van der Waals surface area contributed by atoms with Gasteiger partial charge in [-0.3, -0.25) is 9.79 Å². The van der Waals surface area contributed by atoms with E-state index >= 15 is 0 Å². The van der Waals surface area contributed by atoms with E-state index in [1.54, 1.807) is 24.3 Å². The van der Waals surface area contributed by atoms with Gasteiger partial charge in [0.2, 0.25) is 11.9 Å². The Morgan fingerprint density at radius 1 is 0.710 bits per heavy atom. The molecule has 0 saturated carbocycles. The van der Waals surface area contributed by atoms with Crippen LogP contribution in [0.2, 0.25) is 0 Å². The van der Waals surface area contributed by atoms with Crippen LogP contribution in [0.1, 0.15) is 53.0 Å². The SMILES string of the molecule is NC(=NCCC[C@@H]1NC([C@@H](N)Cc2ccc3ccccc3c2)CCN(CC(c2ccccc2)c2ccccc2)C1=O)N(C(=O)OCc1ccccc1)C(=O)OCc1ccccc1. The normalized spacial score (nSPS) is 16.1. The number of hydrogen-bond acceptors (Lipinski definition) is 8. The van der Waals surface area contributed by atoms with Crippen LogP contribution in [0.25, 0.3) is 10.8 Å². The Morgan fingerprint density at radius 2 is 1.24 bits per heavy atom. The highest BCUT2D eigenvalue weighted by Gasteiger charge is 2.35. The van der Waals surface area contributed by atoms with Crippen molar-refractivity contribution in [1.29, 1.82) is 0 Å². The van der Waals surface area contributed by atoms with Gasteiger partial charge in [0.1, 0.15) is 13.2 Å². The van der Waals surface area contributed by atoms with E-state index in [4.69, 9.17) is 20.9 Å². The topological polar surface area (TPSA) is 153 Å². The summed E-state index contributed by atoms with van der Waals surface area (Å²) in [7, 11) is 0. The summed E-state index contributed by atoms with van der Waals surface area (Å²) < 4.78 is 10.9. The van der Waals surface area contributed by atoms with Crippen molar-refractivity contribution in [3.8, 4) is 0 Å². The van der Waals surface area contributed by atoms with Crippen LogP contribution >= 0.6 is 0 Å². The van der Waals surface area contributed by atoms with E-state index in [-0.39, 0.29) is 49.6 Å². The summed E-state index contributed by atoms with van der Waals surface area (Å²) >= 11 is 0. The monoisotopic (exact) mass is 830 g/mol. The van der Waals surface area contributed by atoms with Crippen LogP contribution in [-0.4, -0.2) is 71.6 Å². The van der Waals surface area contributed by atoms with Crippen molar-refractivity contribution in [2.75, 3.05) is 19.6 Å². The first-order valence-corrected chi connectivity index (χ1v) is 21.2. The van der Waals surface area contributed by atoms with Gasteiger partial charge in [0.15, 0.2) is 0 Å². The first kappa shape index (κ1) is 43.3. The molecule has 3 amide bonds. The Labute approximate surface area is 363 Å². The molecule has 1 aliphatic rings. The molecule has 5 N–H and O–H groups in total. The number of guanidine groups is 1. The lowest BCUT2D eigenvalue weighted by atomic mass is 9.90. The van der Waals surface area contributed by atoms with Crippen molar-refractivity contribution in [2.24, 2.45) is 16.5 Å². The molecular formula is C51H54N6O5. The highest BCUT2D eigenvalue weighted by molar-refractivity contribution is 6.07. The van der Waals surface area contributed by atoms with Gasteiger partial charge in [-0.2, -0.15) is 0 Å². The van der Waals surface area contributed by atoms with Crippen molar-refractivity contribution in [3.05, 3.63) is 192 Å². The molecule has 318 valence electrons. The Balaban J connectivity index is 1.07. The minimum Gasteiger partial charge on any atom is -0.444 e. The zero-order valence-electron chi connectivity index (χ0n) is 34.8. The number of rotatable bonds is 15. The lowest BCUT2D eigenvalue weighted by Gasteiger charge is -2.29. The van der Waals surface area contributed by atoms with Crippen LogP contribution in [0, 0.1) is 0 Å². The van der Waals surface area contributed by atoms with E-state index < -0.39 is 18.2 Å². The van der Waals surface area contributed by atoms with Crippen molar-refractivity contribution in [1.82, 2.24) is 15.1 Å². The van der Waals surface area contributed by atoms with E-state index in [1.165, 1.54) is 5.39 Å². The predicted molar refractivity (Wildman–Crippen MR) is 243 cm³/mol. The van der Waals surface area contributed by atoms with E-state index in [1.807, 2.05) is 89.8 Å². The van der Waals surface area contributed by atoms with E-state index in [0.717, 1.165) is 33.2 Å². The van der Waals surface area contributed by atoms with Gasteiger partial charge in [0.25, 0.3) is 0 Å². The number of carbonyl (C=O) groups is 3. The number of aliphatic imine (C=N–C) groups is 1. The second kappa shape index (κ2) is 21.6. The van der Waals surface area contributed by atoms with Crippen LogP contribution in [-0.2, 0) is 33.9 Å². The maximum atomic E-state index is 14.6. The number of nitrogens with one attached hydrogen (secondary N) is 1. The quantitative estimate of drug-likeness (QED) is 0.0533. The third kappa shape index (κ3) is 11.7. The van der Waals surface area contributed by atoms with Crippen LogP contribution in [0.4, 0.5) is 9.59 Å². The fourth-order valence-electron chi connectivity index (χ4n) is 7.93. The van der Waals surface area contributed by atoms with Crippen LogP contribution in [0.15, 0.2) is 169 Å². The maximum absolute atomic E-state index is 14.6. The fourth-order valence-corrected chi connectivity index (χ4v) is 7.93. The number of carbonyl (C=O) groups excluding carboxylic acids is 3. The molecule has 62 heavy (non-hydrogen) atoms. The number of hydrogen-bond donors (Lipinski definition) is 3. The number of fused-ring (bicyclic) bond motifs is 1. The molecular weight excluding hydrogens is 777 g/mol. The predicted octanol–water partition coefficient (Wildman–Crippen LogP) is 8.17. The molecule has 11 heteroatoms. The Bertz CT molecular complexity index is 2310. The van der Waals surface area contributed by atoms with Crippen LogP contribution in [0.5, 0.6) is 0 Å². The van der Waals surface area contributed by atoms with E-state index in [9.17, 15) is 14.4 Å². The van der Waals surface area contributed by atoms with Gasteiger partial charge in [-0.1, -0.05) is 164 Å². The molecule has 1 fully saturated rings. The summed E-state index contributed by atoms with van der Waals surface area (Å²) in [5.74, 6) is -0.426. The second-order valence-electron chi connectivity index (χ2n) is 15.6. The zero-order chi connectivity index (χ0) is 43.1. The number of nitrogens with two attached hydrogens (primary N) is 2. The molecule has 11 nitrogen and oxygen atoms in total. The molecule has 7 rings (SSSR count). The third-order valence-corrected chi connectivity index (χ3v) is 11.3. The first-order valence-electron chi connectivity index (χ1n) is 21.2. The molecule has 3 atom stereocenters.